The largest absolute Gasteiger partial charge is 0.398 e. The molecule has 2 aromatic rings. The van der Waals surface area contributed by atoms with Gasteiger partial charge in [-0.2, -0.15) is 0 Å². The van der Waals surface area contributed by atoms with Crippen LogP contribution in [0, 0.1) is 13.8 Å². The molecule has 4 heteroatoms. The molecule has 0 saturated carbocycles. The molecule has 1 amide bonds. The zero-order valence-electron chi connectivity index (χ0n) is 10.8. The molecule has 2 aromatic carbocycles. The first-order valence-corrected chi connectivity index (χ1v) is 6.70. The zero-order chi connectivity index (χ0) is 14.0. The van der Waals surface area contributed by atoms with E-state index in [1.54, 1.807) is 12.1 Å². The predicted octanol–water partition coefficient (Wildman–Crippen LogP) is 3.90. The van der Waals surface area contributed by atoms with Crippen LogP contribution in [0.1, 0.15) is 21.5 Å². The number of amides is 1. The molecule has 19 heavy (non-hydrogen) atoms. The van der Waals surface area contributed by atoms with Gasteiger partial charge in [0.2, 0.25) is 0 Å². The highest BCUT2D eigenvalue weighted by molar-refractivity contribution is 9.10. The summed E-state index contributed by atoms with van der Waals surface area (Å²) in [5, 5.41) is 2.87. The number of carbonyl (C=O) groups excluding carboxylic acids is 1. The number of benzene rings is 2. The van der Waals surface area contributed by atoms with Crippen molar-refractivity contribution in [3.63, 3.8) is 0 Å². The van der Waals surface area contributed by atoms with Gasteiger partial charge in [0.25, 0.3) is 5.91 Å². The lowest BCUT2D eigenvalue weighted by Gasteiger charge is -2.10. The Balaban J connectivity index is 2.25. The molecule has 0 aliphatic heterocycles. The van der Waals surface area contributed by atoms with Gasteiger partial charge < -0.3 is 11.1 Å². The van der Waals surface area contributed by atoms with Crippen molar-refractivity contribution in [2.24, 2.45) is 0 Å². The van der Waals surface area contributed by atoms with Crippen molar-refractivity contribution < 1.29 is 4.79 Å². The average molecular weight is 319 g/mol. The van der Waals surface area contributed by atoms with Crippen LogP contribution in [0.25, 0.3) is 0 Å². The molecule has 0 radical (unpaired) electrons. The smallest absolute Gasteiger partial charge is 0.257 e. The van der Waals surface area contributed by atoms with Gasteiger partial charge in [-0.1, -0.05) is 22.0 Å². The van der Waals surface area contributed by atoms with Crippen molar-refractivity contribution in [3.05, 3.63) is 57.6 Å². The van der Waals surface area contributed by atoms with E-state index in [0.717, 1.165) is 21.3 Å². The van der Waals surface area contributed by atoms with Crippen LogP contribution in [-0.2, 0) is 0 Å². The number of aryl methyl sites for hydroxylation is 2. The first kappa shape index (κ1) is 13.6. The number of nitrogens with two attached hydrogens (primary N) is 1. The maximum absolute atomic E-state index is 12.2. The summed E-state index contributed by atoms with van der Waals surface area (Å²) in [6.45, 7) is 3.88. The Labute approximate surface area is 121 Å². The Hall–Kier alpha value is -1.81. The van der Waals surface area contributed by atoms with E-state index in [9.17, 15) is 4.79 Å². The summed E-state index contributed by atoms with van der Waals surface area (Å²) in [4.78, 5) is 12.2. The van der Waals surface area contributed by atoms with E-state index in [-0.39, 0.29) is 5.91 Å². The Morgan fingerprint density at radius 2 is 1.89 bits per heavy atom. The highest BCUT2D eigenvalue weighted by atomic mass is 79.9. The molecule has 0 bridgehead atoms. The molecule has 0 aromatic heterocycles. The molecule has 0 unspecified atom stereocenters. The number of hydrogen-bond donors (Lipinski definition) is 2. The van der Waals surface area contributed by atoms with Crippen molar-refractivity contribution in [1.29, 1.82) is 0 Å². The molecule has 2 rings (SSSR count). The van der Waals surface area contributed by atoms with E-state index >= 15 is 0 Å². The third-order valence-corrected chi connectivity index (χ3v) is 3.38. The topological polar surface area (TPSA) is 55.1 Å². The Morgan fingerprint density at radius 1 is 1.16 bits per heavy atom. The molecule has 0 aliphatic carbocycles. The van der Waals surface area contributed by atoms with Crippen molar-refractivity contribution in [2.75, 3.05) is 11.1 Å². The Bertz CT molecular complexity index is 638. The van der Waals surface area contributed by atoms with E-state index in [0.29, 0.717) is 11.3 Å². The maximum atomic E-state index is 12.2. The van der Waals surface area contributed by atoms with Crippen molar-refractivity contribution in [2.45, 2.75) is 13.8 Å². The maximum Gasteiger partial charge on any atom is 0.257 e. The molecule has 98 valence electrons. The predicted molar refractivity (Wildman–Crippen MR) is 82.4 cm³/mol. The second-order valence-electron chi connectivity index (χ2n) is 4.50. The fourth-order valence-corrected chi connectivity index (χ4v) is 2.32. The van der Waals surface area contributed by atoms with Crippen molar-refractivity contribution in [1.82, 2.24) is 0 Å². The van der Waals surface area contributed by atoms with Gasteiger partial charge in [0.05, 0.1) is 5.56 Å². The molecule has 3 nitrogen and oxygen atoms in total. The lowest BCUT2D eigenvalue weighted by Crippen LogP contribution is -2.14. The normalized spacial score (nSPS) is 10.3. The van der Waals surface area contributed by atoms with Gasteiger partial charge in [-0.3, -0.25) is 4.79 Å². The third-order valence-electron chi connectivity index (χ3n) is 2.89. The quantitative estimate of drug-likeness (QED) is 0.825. The van der Waals surface area contributed by atoms with E-state index in [1.165, 1.54) is 0 Å². The average Bonchev–Trinajstić information content (AvgIpc) is 2.32. The van der Waals surface area contributed by atoms with Gasteiger partial charge in [0, 0.05) is 15.8 Å². The van der Waals surface area contributed by atoms with Gasteiger partial charge >= 0.3 is 0 Å². The number of nitrogen functional groups attached to an aromatic ring is 1. The standard InChI is InChI=1S/C15H15BrN2O/c1-9-3-5-12(13(17)7-9)15(19)18-14-6-4-11(16)8-10(14)2/h3-8H,17H2,1-2H3,(H,18,19). The number of anilines is 2. The van der Waals surface area contributed by atoms with E-state index in [4.69, 9.17) is 5.73 Å². The SMILES string of the molecule is Cc1ccc(C(=O)Nc2ccc(Br)cc2C)c(N)c1. The van der Waals surface area contributed by atoms with Gasteiger partial charge in [-0.15, -0.1) is 0 Å². The lowest BCUT2D eigenvalue weighted by atomic mass is 10.1. The van der Waals surface area contributed by atoms with Crippen LogP contribution in [0.2, 0.25) is 0 Å². The minimum absolute atomic E-state index is 0.192. The molecular weight excluding hydrogens is 304 g/mol. The molecular formula is C15H15BrN2O. The zero-order valence-corrected chi connectivity index (χ0v) is 12.4. The van der Waals surface area contributed by atoms with Crippen LogP contribution in [0.3, 0.4) is 0 Å². The Morgan fingerprint density at radius 3 is 2.53 bits per heavy atom. The molecule has 0 fully saturated rings. The highest BCUT2D eigenvalue weighted by Gasteiger charge is 2.11. The van der Waals surface area contributed by atoms with Crippen LogP contribution in [0.5, 0.6) is 0 Å². The molecule has 0 saturated heterocycles. The first-order chi connectivity index (χ1) is 8.97. The van der Waals surface area contributed by atoms with Gasteiger partial charge in [-0.25, -0.2) is 0 Å². The second-order valence-corrected chi connectivity index (χ2v) is 5.42. The van der Waals surface area contributed by atoms with Gasteiger partial charge in [-0.05, 0) is 55.3 Å². The lowest BCUT2D eigenvalue weighted by molar-refractivity contribution is 0.102. The number of nitrogens with one attached hydrogen (secondary N) is 1. The summed E-state index contributed by atoms with van der Waals surface area (Å²) in [5.74, 6) is -0.192. The van der Waals surface area contributed by atoms with E-state index in [1.807, 2.05) is 38.1 Å². The number of carbonyl (C=O) groups is 1. The summed E-state index contributed by atoms with van der Waals surface area (Å²) < 4.78 is 0.984. The molecule has 0 aliphatic rings. The minimum Gasteiger partial charge on any atom is -0.398 e. The summed E-state index contributed by atoms with van der Waals surface area (Å²) in [6, 6.07) is 11.1. The van der Waals surface area contributed by atoms with E-state index in [2.05, 4.69) is 21.2 Å². The van der Waals surface area contributed by atoms with E-state index < -0.39 is 0 Å². The highest BCUT2D eigenvalue weighted by Crippen LogP contribution is 2.22. The molecule has 3 N–H and O–H groups in total. The number of rotatable bonds is 2. The fourth-order valence-electron chi connectivity index (χ4n) is 1.85. The van der Waals surface area contributed by atoms with Crippen LogP contribution >= 0.6 is 15.9 Å². The van der Waals surface area contributed by atoms with Gasteiger partial charge in [0.1, 0.15) is 0 Å². The summed E-state index contributed by atoms with van der Waals surface area (Å²) in [6.07, 6.45) is 0. The summed E-state index contributed by atoms with van der Waals surface area (Å²) >= 11 is 3.39. The summed E-state index contributed by atoms with van der Waals surface area (Å²) in [5.41, 5.74) is 9.67. The van der Waals surface area contributed by atoms with Crippen LogP contribution < -0.4 is 11.1 Å². The second kappa shape index (κ2) is 5.45. The van der Waals surface area contributed by atoms with Crippen LogP contribution in [0.4, 0.5) is 11.4 Å². The molecule has 0 spiro atoms. The number of hydrogen-bond acceptors (Lipinski definition) is 2. The van der Waals surface area contributed by atoms with Crippen LogP contribution in [-0.4, -0.2) is 5.91 Å². The number of halogens is 1. The molecule has 0 heterocycles. The fraction of sp³-hybridized carbons (Fsp3) is 0.133. The molecule has 0 atom stereocenters. The third kappa shape index (κ3) is 3.15. The monoisotopic (exact) mass is 318 g/mol. The minimum atomic E-state index is -0.192. The van der Waals surface area contributed by atoms with Crippen LogP contribution in [0.15, 0.2) is 40.9 Å². The van der Waals surface area contributed by atoms with Crippen molar-refractivity contribution in [3.8, 4) is 0 Å². The first-order valence-electron chi connectivity index (χ1n) is 5.91. The van der Waals surface area contributed by atoms with Crippen molar-refractivity contribution >= 4 is 33.2 Å². The summed E-state index contributed by atoms with van der Waals surface area (Å²) in [7, 11) is 0. The Kier molecular flexibility index (Phi) is 3.90. The van der Waals surface area contributed by atoms with Gasteiger partial charge in [0.15, 0.2) is 0 Å².